The Hall–Kier alpha value is -2.57. The zero-order valence-electron chi connectivity index (χ0n) is 15.1. The van der Waals surface area contributed by atoms with Gasteiger partial charge in [-0.25, -0.2) is 4.39 Å². The van der Waals surface area contributed by atoms with Crippen LogP contribution in [0.3, 0.4) is 0 Å². The molecular weight excluding hydrogens is 364 g/mol. The predicted molar refractivity (Wildman–Crippen MR) is 92.7 cm³/mol. The first kappa shape index (κ1) is 20.7. The molecule has 0 bridgehead atoms. The smallest absolute Gasteiger partial charge is 0.416 e. The van der Waals surface area contributed by atoms with Crippen LogP contribution in [0.4, 0.5) is 17.6 Å². The van der Waals surface area contributed by atoms with E-state index in [4.69, 9.17) is 4.74 Å². The molecule has 0 amide bonds. The van der Waals surface area contributed by atoms with Gasteiger partial charge in [-0.05, 0) is 59.4 Å². The molecule has 2 aromatic carbocycles. The number of carbonyl (C=O) groups excluding carboxylic acids is 1. The molecule has 2 rings (SSSR count). The number of esters is 1. The SMILES string of the molecule is COC(=O)C(CC(C)C)c1cc(O)cc(-c2cc(F)cc(C(F)(F)F)c2)c1. The van der Waals surface area contributed by atoms with Gasteiger partial charge in [0, 0.05) is 0 Å². The van der Waals surface area contributed by atoms with Gasteiger partial charge in [0.15, 0.2) is 0 Å². The third-order valence-corrected chi connectivity index (χ3v) is 4.09. The molecule has 0 aliphatic heterocycles. The molecule has 0 saturated heterocycles. The molecule has 0 aliphatic carbocycles. The van der Waals surface area contributed by atoms with Crippen molar-refractivity contribution in [1.29, 1.82) is 0 Å². The van der Waals surface area contributed by atoms with E-state index < -0.39 is 29.4 Å². The lowest BCUT2D eigenvalue weighted by Crippen LogP contribution is -2.16. The van der Waals surface area contributed by atoms with Crippen molar-refractivity contribution in [3.05, 3.63) is 53.3 Å². The minimum atomic E-state index is -4.71. The first-order valence-corrected chi connectivity index (χ1v) is 8.31. The van der Waals surface area contributed by atoms with Crippen molar-refractivity contribution in [3.8, 4) is 16.9 Å². The number of alkyl halides is 3. The first-order chi connectivity index (χ1) is 12.5. The lowest BCUT2D eigenvalue weighted by Gasteiger charge is -2.19. The van der Waals surface area contributed by atoms with Crippen LogP contribution in [-0.2, 0) is 15.7 Å². The normalized spacial score (nSPS) is 12.9. The van der Waals surface area contributed by atoms with E-state index in [0.29, 0.717) is 18.1 Å². The van der Waals surface area contributed by atoms with E-state index in [-0.39, 0.29) is 22.8 Å². The van der Waals surface area contributed by atoms with E-state index in [9.17, 15) is 27.5 Å². The molecular formula is C20H20F4O3. The number of rotatable bonds is 5. The molecule has 0 radical (unpaired) electrons. The number of methoxy groups -OCH3 is 1. The summed E-state index contributed by atoms with van der Waals surface area (Å²) in [5.41, 5.74) is -0.613. The summed E-state index contributed by atoms with van der Waals surface area (Å²) >= 11 is 0. The largest absolute Gasteiger partial charge is 0.508 e. The zero-order chi connectivity index (χ0) is 20.4. The van der Waals surface area contributed by atoms with Gasteiger partial charge >= 0.3 is 12.1 Å². The lowest BCUT2D eigenvalue weighted by molar-refractivity contribution is -0.143. The zero-order valence-corrected chi connectivity index (χ0v) is 15.1. The molecule has 0 fully saturated rings. The fourth-order valence-electron chi connectivity index (χ4n) is 2.90. The van der Waals surface area contributed by atoms with Gasteiger partial charge in [-0.2, -0.15) is 13.2 Å². The van der Waals surface area contributed by atoms with Crippen LogP contribution in [-0.4, -0.2) is 18.2 Å². The second-order valence-corrected chi connectivity index (χ2v) is 6.74. The van der Waals surface area contributed by atoms with E-state index in [1.54, 1.807) is 0 Å². The van der Waals surface area contributed by atoms with Crippen molar-refractivity contribution in [1.82, 2.24) is 0 Å². The maximum Gasteiger partial charge on any atom is 0.416 e. The highest BCUT2D eigenvalue weighted by Crippen LogP contribution is 2.36. The minimum absolute atomic E-state index is 0.0485. The number of hydrogen-bond donors (Lipinski definition) is 1. The second kappa shape index (κ2) is 7.98. The van der Waals surface area contributed by atoms with Crippen LogP contribution in [0.25, 0.3) is 11.1 Å². The Bertz CT molecular complexity index is 828. The van der Waals surface area contributed by atoms with Crippen molar-refractivity contribution in [3.63, 3.8) is 0 Å². The molecule has 3 nitrogen and oxygen atoms in total. The summed E-state index contributed by atoms with van der Waals surface area (Å²) in [6.07, 6.45) is -4.28. The molecule has 0 spiro atoms. The molecule has 1 N–H and O–H groups in total. The van der Waals surface area contributed by atoms with Crippen LogP contribution >= 0.6 is 0 Å². The van der Waals surface area contributed by atoms with Crippen molar-refractivity contribution in [2.75, 3.05) is 7.11 Å². The maximum atomic E-state index is 13.7. The average Bonchev–Trinajstić information content (AvgIpc) is 2.57. The molecule has 0 aromatic heterocycles. The second-order valence-electron chi connectivity index (χ2n) is 6.74. The lowest BCUT2D eigenvalue weighted by atomic mass is 9.88. The summed E-state index contributed by atoms with van der Waals surface area (Å²) in [7, 11) is 1.24. The third kappa shape index (κ3) is 5.21. The number of benzene rings is 2. The average molecular weight is 384 g/mol. The van der Waals surface area contributed by atoms with E-state index >= 15 is 0 Å². The van der Waals surface area contributed by atoms with Gasteiger partial charge in [-0.15, -0.1) is 0 Å². The highest BCUT2D eigenvalue weighted by atomic mass is 19.4. The maximum absolute atomic E-state index is 13.7. The Labute approximate surface area is 154 Å². The van der Waals surface area contributed by atoms with Crippen LogP contribution in [0.1, 0.15) is 37.3 Å². The molecule has 27 heavy (non-hydrogen) atoms. The van der Waals surface area contributed by atoms with Gasteiger partial charge in [-0.1, -0.05) is 19.9 Å². The summed E-state index contributed by atoms with van der Waals surface area (Å²) in [5.74, 6) is -2.37. The molecule has 0 heterocycles. The number of ether oxygens (including phenoxy) is 1. The highest BCUT2D eigenvalue weighted by molar-refractivity contribution is 5.79. The number of phenols is 1. The van der Waals surface area contributed by atoms with Crippen molar-refractivity contribution >= 4 is 5.97 Å². The Morgan fingerprint density at radius 1 is 1.07 bits per heavy atom. The number of carbonyl (C=O) groups is 1. The Morgan fingerprint density at radius 3 is 2.26 bits per heavy atom. The molecule has 146 valence electrons. The fourth-order valence-corrected chi connectivity index (χ4v) is 2.90. The van der Waals surface area contributed by atoms with Gasteiger partial charge in [0.2, 0.25) is 0 Å². The number of hydrogen-bond acceptors (Lipinski definition) is 3. The van der Waals surface area contributed by atoms with E-state index in [0.717, 1.165) is 12.1 Å². The Balaban J connectivity index is 2.57. The Morgan fingerprint density at radius 2 is 1.70 bits per heavy atom. The van der Waals surface area contributed by atoms with Gasteiger partial charge in [0.1, 0.15) is 11.6 Å². The monoisotopic (exact) mass is 384 g/mol. The summed E-state index contributed by atoms with van der Waals surface area (Å²) in [6.45, 7) is 3.81. The van der Waals surface area contributed by atoms with Crippen LogP contribution < -0.4 is 0 Å². The quantitative estimate of drug-likeness (QED) is 0.545. The fraction of sp³-hybridized carbons (Fsp3) is 0.350. The number of halogens is 4. The van der Waals surface area contributed by atoms with E-state index in [2.05, 4.69) is 0 Å². The predicted octanol–water partition coefficient (Wildman–Crippen LogP) is 5.52. The highest BCUT2D eigenvalue weighted by Gasteiger charge is 2.31. The van der Waals surface area contributed by atoms with Gasteiger partial charge < -0.3 is 9.84 Å². The summed E-state index contributed by atoms with van der Waals surface area (Å²) in [4.78, 5) is 12.1. The topological polar surface area (TPSA) is 46.5 Å². The van der Waals surface area contributed by atoms with Crippen molar-refractivity contribution < 1.29 is 32.2 Å². The number of phenolic OH excluding ortho intramolecular Hbond substituents is 1. The minimum Gasteiger partial charge on any atom is -0.508 e. The Kier molecular flexibility index (Phi) is 6.13. The standard InChI is InChI=1S/C20H20F4O3/c1-11(2)4-18(19(26)27-3)14-5-12(8-17(25)9-14)13-6-15(20(22,23)24)10-16(21)7-13/h5-11,18,25H,4H2,1-3H3. The third-order valence-electron chi connectivity index (χ3n) is 4.09. The van der Waals surface area contributed by atoms with Gasteiger partial charge in [0.25, 0.3) is 0 Å². The van der Waals surface area contributed by atoms with Crippen molar-refractivity contribution in [2.45, 2.75) is 32.4 Å². The summed E-state index contributed by atoms with van der Waals surface area (Å²) < 4.78 is 57.4. The molecule has 1 atom stereocenters. The molecule has 1 unspecified atom stereocenters. The summed E-state index contributed by atoms with van der Waals surface area (Å²) in [6, 6.07) is 6.21. The van der Waals surface area contributed by atoms with E-state index in [1.165, 1.54) is 25.3 Å². The number of aromatic hydroxyl groups is 1. The molecule has 2 aromatic rings. The molecule has 7 heteroatoms. The van der Waals surface area contributed by atoms with Crippen LogP contribution in [0.2, 0.25) is 0 Å². The van der Waals surface area contributed by atoms with E-state index in [1.807, 2.05) is 13.8 Å². The van der Waals surface area contributed by atoms with Crippen LogP contribution in [0.15, 0.2) is 36.4 Å². The first-order valence-electron chi connectivity index (χ1n) is 8.31. The van der Waals surface area contributed by atoms with Crippen LogP contribution in [0, 0.1) is 11.7 Å². The molecule has 0 aliphatic rings. The van der Waals surface area contributed by atoms with Crippen LogP contribution in [0.5, 0.6) is 5.75 Å². The van der Waals surface area contributed by atoms with Gasteiger partial charge in [0.05, 0.1) is 18.6 Å². The summed E-state index contributed by atoms with van der Waals surface area (Å²) in [5, 5.41) is 10.0. The molecule has 0 saturated carbocycles. The van der Waals surface area contributed by atoms with Crippen molar-refractivity contribution in [2.24, 2.45) is 5.92 Å². The van der Waals surface area contributed by atoms with Gasteiger partial charge in [-0.3, -0.25) is 4.79 Å².